The van der Waals surface area contributed by atoms with Crippen molar-refractivity contribution < 1.29 is 0 Å². The van der Waals surface area contributed by atoms with E-state index in [1.807, 2.05) is 13.0 Å². The average molecular weight is 199 g/mol. The van der Waals surface area contributed by atoms with Crippen molar-refractivity contribution in [1.82, 2.24) is 9.78 Å². The molecule has 1 rings (SSSR count). The fourth-order valence-electron chi connectivity index (χ4n) is 0.656. The summed E-state index contributed by atoms with van der Waals surface area (Å²) in [5, 5.41) is 12.4. The Hall–Kier alpha value is -0.820. The summed E-state index contributed by atoms with van der Waals surface area (Å²) in [5.41, 5.74) is 0.530. The molecule has 10 heavy (non-hydrogen) atoms. The normalized spacial score (nSPS) is 9.30. The monoisotopic (exact) mass is 198 g/mol. The summed E-state index contributed by atoms with van der Waals surface area (Å²) in [6, 6.07) is 2.02. The van der Waals surface area contributed by atoms with E-state index in [1.54, 1.807) is 4.68 Å². The first-order valence-corrected chi connectivity index (χ1v) is 3.63. The van der Waals surface area contributed by atoms with Gasteiger partial charge in [-0.1, -0.05) is 0 Å². The molecule has 0 amide bonds. The molecule has 0 aliphatic rings. The highest BCUT2D eigenvalue weighted by molar-refractivity contribution is 9.10. The van der Waals surface area contributed by atoms with Gasteiger partial charge in [-0.2, -0.15) is 10.4 Å². The smallest absolute Gasteiger partial charge is 0.153 e. The zero-order valence-electron chi connectivity index (χ0n) is 5.43. The third-order valence-corrected chi connectivity index (χ3v) is 1.69. The van der Waals surface area contributed by atoms with E-state index in [2.05, 4.69) is 27.2 Å². The van der Waals surface area contributed by atoms with Crippen molar-refractivity contribution in [2.24, 2.45) is 0 Å². The fraction of sp³-hybridized carbons (Fsp3) is 0.333. The zero-order chi connectivity index (χ0) is 7.56. The van der Waals surface area contributed by atoms with Gasteiger partial charge in [-0.25, -0.2) is 0 Å². The second-order valence-corrected chi connectivity index (χ2v) is 2.49. The summed E-state index contributed by atoms with van der Waals surface area (Å²) in [7, 11) is 0. The number of aryl methyl sites for hydroxylation is 1. The van der Waals surface area contributed by atoms with Crippen LogP contribution in [0.2, 0.25) is 0 Å². The van der Waals surface area contributed by atoms with Gasteiger partial charge < -0.3 is 0 Å². The second-order valence-electron chi connectivity index (χ2n) is 1.70. The number of halogens is 1. The fourth-order valence-corrected chi connectivity index (χ4v) is 1.03. The summed E-state index contributed by atoms with van der Waals surface area (Å²) in [6.07, 6.45) is 2.65. The lowest BCUT2D eigenvalue weighted by atomic mass is 10.5. The van der Waals surface area contributed by atoms with E-state index in [0.29, 0.717) is 16.7 Å². The minimum Gasteiger partial charge on any atom is -0.253 e. The third-order valence-electron chi connectivity index (χ3n) is 1.14. The topological polar surface area (TPSA) is 41.6 Å². The van der Waals surface area contributed by atoms with Crippen molar-refractivity contribution >= 4 is 15.9 Å². The summed E-state index contributed by atoms with van der Waals surface area (Å²) in [5.74, 6) is 0. The molecule has 1 aromatic rings. The summed E-state index contributed by atoms with van der Waals surface area (Å²) in [6.45, 7) is 2.62. The van der Waals surface area contributed by atoms with E-state index < -0.39 is 0 Å². The van der Waals surface area contributed by atoms with Gasteiger partial charge >= 0.3 is 0 Å². The number of hydrogen-bond acceptors (Lipinski definition) is 2. The van der Waals surface area contributed by atoms with E-state index >= 15 is 0 Å². The Morgan fingerprint density at radius 1 is 1.90 bits per heavy atom. The Balaban J connectivity index is 3.17. The standard InChI is InChI=1S/C6H5BrN3/c1-2-10-6(3-8)5(7)4-9-10/h2H2,1H3. The lowest BCUT2D eigenvalue weighted by Gasteiger charge is -1.93. The van der Waals surface area contributed by atoms with Crippen LogP contribution in [0.25, 0.3) is 0 Å². The number of nitrogens with zero attached hydrogens (tertiary/aromatic N) is 3. The Morgan fingerprint density at radius 3 is 3.00 bits per heavy atom. The zero-order valence-corrected chi connectivity index (χ0v) is 7.01. The molecule has 0 atom stereocenters. The molecule has 0 spiro atoms. The maximum Gasteiger partial charge on any atom is 0.153 e. The van der Waals surface area contributed by atoms with Crippen molar-refractivity contribution in [3.8, 4) is 6.07 Å². The Bertz CT molecular complexity index is 271. The largest absolute Gasteiger partial charge is 0.253 e. The van der Waals surface area contributed by atoms with Gasteiger partial charge in [0.05, 0.1) is 4.47 Å². The summed E-state index contributed by atoms with van der Waals surface area (Å²) < 4.78 is 2.22. The number of aromatic nitrogens is 2. The molecular formula is C6H5BrN3. The van der Waals surface area contributed by atoms with Crippen LogP contribution in [0.4, 0.5) is 0 Å². The van der Waals surface area contributed by atoms with Crippen LogP contribution >= 0.6 is 15.9 Å². The predicted octanol–water partition coefficient (Wildman–Crippen LogP) is 1.34. The van der Waals surface area contributed by atoms with Gasteiger partial charge in [-0.05, 0) is 22.9 Å². The van der Waals surface area contributed by atoms with E-state index in [9.17, 15) is 0 Å². The molecule has 0 aliphatic heterocycles. The average Bonchev–Trinajstić information content (AvgIpc) is 2.30. The molecule has 0 unspecified atom stereocenters. The van der Waals surface area contributed by atoms with Gasteiger partial charge in [-0.3, -0.25) is 4.68 Å². The summed E-state index contributed by atoms with van der Waals surface area (Å²) >= 11 is 3.16. The van der Waals surface area contributed by atoms with Gasteiger partial charge in [0.2, 0.25) is 0 Å². The quantitative estimate of drug-likeness (QED) is 0.684. The molecular weight excluding hydrogens is 194 g/mol. The molecule has 1 heterocycles. The molecule has 0 bridgehead atoms. The van der Waals surface area contributed by atoms with Gasteiger partial charge in [0.25, 0.3) is 0 Å². The SMILES string of the molecule is CCn1n[c]c(Br)c1C#N. The maximum atomic E-state index is 8.56. The second kappa shape index (κ2) is 2.84. The molecule has 1 aromatic heterocycles. The van der Waals surface area contributed by atoms with Crippen molar-refractivity contribution in [3.63, 3.8) is 0 Å². The van der Waals surface area contributed by atoms with Crippen LogP contribution in [-0.2, 0) is 6.54 Å². The lowest BCUT2D eigenvalue weighted by Crippen LogP contribution is -1.98. The molecule has 4 heteroatoms. The molecule has 1 radical (unpaired) electrons. The minimum absolute atomic E-state index is 0.530. The van der Waals surface area contributed by atoms with Crippen molar-refractivity contribution in [3.05, 3.63) is 16.4 Å². The van der Waals surface area contributed by atoms with E-state index in [4.69, 9.17) is 5.26 Å². The molecule has 0 saturated heterocycles. The van der Waals surface area contributed by atoms with Gasteiger partial charge in [0.15, 0.2) is 5.69 Å². The number of hydrogen-bond donors (Lipinski definition) is 0. The molecule has 0 aromatic carbocycles. The van der Waals surface area contributed by atoms with E-state index in [-0.39, 0.29) is 0 Å². The molecule has 3 nitrogen and oxygen atoms in total. The lowest BCUT2D eigenvalue weighted by molar-refractivity contribution is 0.649. The van der Waals surface area contributed by atoms with E-state index in [0.717, 1.165) is 0 Å². The molecule has 0 N–H and O–H groups in total. The molecule has 51 valence electrons. The molecule has 0 fully saturated rings. The third kappa shape index (κ3) is 1.05. The first-order valence-electron chi connectivity index (χ1n) is 2.83. The van der Waals surface area contributed by atoms with Crippen LogP contribution < -0.4 is 0 Å². The van der Waals surface area contributed by atoms with Crippen molar-refractivity contribution in [1.29, 1.82) is 5.26 Å². The Morgan fingerprint density at radius 2 is 2.60 bits per heavy atom. The number of rotatable bonds is 1. The first kappa shape index (κ1) is 7.29. The van der Waals surface area contributed by atoms with Crippen LogP contribution in [0.15, 0.2) is 4.47 Å². The van der Waals surface area contributed by atoms with Crippen molar-refractivity contribution in [2.45, 2.75) is 13.5 Å². The summed E-state index contributed by atoms with van der Waals surface area (Å²) in [4.78, 5) is 0. The van der Waals surface area contributed by atoms with E-state index in [1.165, 1.54) is 0 Å². The van der Waals surface area contributed by atoms with Crippen LogP contribution in [0, 0.1) is 17.5 Å². The maximum absolute atomic E-state index is 8.56. The van der Waals surface area contributed by atoms with Gasteiger partial charge in [-0.15, -0.1) is 0 Å². The first-order chi connectivity index (χ1) is 4.79. The highest BCUT2D eigenvalue weighted by Crippen LogP contribution is 2.13. The molecule has 0 saturated carbocycles. The highest BCUT2D eigenvalue weighted by Gasteiger charge is 2.05. The van der Waals surface area contributed by atoms with Crippen LogP contribution in [0.3, 0.4) is 0 Å². The van der Waals surface area contributed by atoms with Crippen molar-refractivity contribution in [2.75, 3.05) is 0 Å². The highest BCUT2D eigenvalue weighted by atomic mass is 79.9. The van der Waals surface area contributed by atoms with Crippen LogP contribution in [0.5, 0.6) is 0 Å². The minimum atomic E-state index is 0.530. The number of nitriles is 1. The molecule has 0 aliphatic carbocycles. The van der Waals surface area contributed by atoms with Gasteiger partial charge in [0.1, 0.15) is 12.3 Å². The predicted molar refractivity (Wildman–Crippen MR) is 39.2 cm³/mol. The van der Waals surface area contributed by atoms with Crippen LogP contribution in [-0.4, -0.2) is 9.78 Å². The Kier molecular flexibility index (Phi) is 2.07. The Labute approximate surface area is 67.4 Å². The van der Waals surface area contributed by atoms with Crippen LogP contribution in [0.1, 0.15) is 12.6 Å². The van der Waals surface area contributed by atoms with Gasteiger partial charge in [0, 0.05) is 6.54 Å².